The number of thiazole rings is 1. The monoisotopic (exact) mass is 450 g/mol. The van der Waals surface area contributed by atoms with Crippen LogP contribution in [0.4, 0.5) is 5.13 Å². The van der Waals surface area contributed by atoms with Crippen LogP contribution in [0.2, 0.25) is 0 Å². The van der Waals surface area contributed by atoms with Crippen molar-refractivity contribution in [1.29, 1.82) is 0 Å². The molecule has 164 valence electrons. The van der Waals surface area contributed by atoms with E-state index in [4.69, 9.17) is 19.2 Å². The van der Waals surface area contributed by atoms with Gasteiger partial charge in [0.15, 0.2) is 5.13 Å². The van der Waals surface area contributed by atoms with Crippen LogP contribution in [0.5, 0.6) is 11.5 Å². The highest BCUT2D eigenvalue weighted by Crippen LogP contribution is 2.40. The summed E-state index contributed by atoms with van der Waals surface area (Å²) in [6.45, 7) is 1.09. The molecule has 1 saturated heterocycles. The average Bonchev–Trinajstić information content (AvgIpc) is 3.51. The number of amides is 1. The first-order valence-electron chi connectivity index (χ1n) is 10.3. The number of carbonyl (C=O) groups excluding carboxylic acids is 1. The number of benzene rings is 2. The summed E-state index contributed by atoms with van der Waals surface area (Å²) in [5.74, 6) is 1.04. The van der Waals surface area contributed by atoms with E-state index >= 15 is 0 Å². The number of ether oxygens (including phenoxy) is 3. The van der Waals surface area contributed by atoms with Gasteiger partial charge in [-0.25, -0.2) is 9.97 Å². The minimum atomic E-state index is -0.268. The van der Waals surface area contributed by atoms with E-state index < -0.39 is 0 Å². The van der Waals surface area contributed by atoms with Crippen molar-refractivity contribution in [3.63, 3.8) is 0 Å². The Morgan fingerprint density at radius 2 is 1.91 bits per heavy atom. The van der Waals surface area contributed by atoms with Crippen molar-refractivity contribution < 1.29 is 19.0 Å². The summed E-state index contributed by atoms with van der Waals surface area (Å²) in [5.41, 5.74) is 2.33. The molecule has 4 aromatic rings. The zero-order chi connectivity index (χ0) is 22.1. The third-order valence-corrected chi connectivity index (χ3v) is 6.55. The summed E-state index contributed by atoms with van der Waals surface area (Å²) >= 11 is 1.38. The number of methoxy groups -OCH3 is 2. The molecule has 1 amide bonds. The normalized spacial score (nSPS) is 15.9. The smallest absolute Gasteiger partial charge is 0.280 e. The van der Waals surface area contributed by atoms with Crippen LogP contribution >= 0.6 is 11.3 Å². The Hall–Kier alpha value is -3.30. The second kappa shape index (κ2) is 8.68. The van der Waals surface area contributed by atoms with Gasteiger partial charge in [-0.3, -0.25) is 14.7 Å². The van der Waals surface area contributed by atoms with Gasteiger partial charge in [-0.15, -0.1) is 0 Å². The van der Waals surface area contributed by atoms with Crippen molar-refractivity contribution in [2.75, 3.05) is 32.3 Å². The van der Waals surface area contributed by atoms with Gasteiger partial charge in [0.1, 0.15) is 27.4 Å². The molecule has 1 aliphatic rings. The quantitative estimate of drug-likeness (QED) is 0.437. The lowest BCUT2D eigenvalue weighted by molar-refractivity contribution is 0.0913. The summed E-state index contributed by atoms with van der Waals surface area (Å²) in [5, 5.41) is 0.540. The van der Waals surface area contributed by atoms with Gasteiger partial charge in [0.05, 0.1) is 44.1 Å². The molecule has 0 saturated carbocycles. The maximum absolute atomic E-state index is 13.6. The van der Waals surface area contributed by atoms with Crippen LogP contribution in [0.3, 0.4) is 0 Å². The first kappa shape index (κ1) is 20.6. The number of hydrogen-bond acceptors (Lipinski definition) is 8. The maximum atomic E-state index is 13.6. The minimum absolute atomic E-state index is 0.0526. The van der Waals surface area contributed by atoms with E-state index in [1.807, 2.05) is 36.4 Å². The van der Waals surface area contributed by atoms with Gasteiger partial charge in [-0.1, -0.05) is 23.5 Å². The molecule has 2 aromatic heterocycles. The molecule has 2 aromatic carbocycles. The van der Waals surface area contributed by atoms with Gasteiger partial charge in [-0.2, -0.15) is 0 Å². The maximum Gasteiger partial charge on any atom is 0.280 e. The van der Waals surface area contributed by atoms with Crippen molar-refractivity contribution in [3.05, 3.63) is 48.3 Å². The van der Waals surface area contributed by atoms with Gasteiger partial charge in [0, 0.05) is 6.61 Å². The molecule has 0 radical (unpaired) electrons. The predicted octanol–water partition coefficient (Wildman–Crippen LogP) is 4.08. The lowest BCUT2D eigenvalue weighted by atomic mass is 10.2. The highest BCUT2D eigenvalue weighted by atomic mass is 32.1. The highest BCUT2D eigenvalue weighted by molar-refractivity contribution is 7.22. The molecule has 0 aliphatic carbocycles. The van der Waals surface area contributed by atoms with Gasteiger partial charge in [0.25, 0.3) is 5.91 Å². The molecule has 1 aliphatic heterocycles. The second-order valence-corrected chi connectivity index (χ2v) is 8.42. The number of anilines is 1. The van der Waals surface area contributed by atoms with Crippen LogP contribution in [-0.2, 0) is 4.74 Å². The van der Waals surface area contributed by atoms with E-state index in [1.165, 1.54) is 17.5 Å². The summed E-state index contributed by atoms with van der Waals surface area (Å²) < 4.78 is 17.6. The number of rotatable bonds is 6. The van der Waals surface area contributed by atoms with Gasteiger partial charge < -0.3 is 14.2 Å². The second-order valence-electron chi connectivity index (χ2n) is 7.44. The Bertz CT molecular complexity index is 1240. The van der Waals surface area contributed by atoms with E-state index in [-0.39, 0.29) is 17.7 Å². The van der Waals surface area contributed by atoms with Gasteiger partial charge in [-0.05, 0) is 37.1 Å². The average molecular weight is 451 g/mol. The zero-order valence-electron chi connectivity index (χ0n) is 17.8. The van der Waals surface area contributed by atoms with Crippen molar-refractivity contribution in [1.82, 2.24) is 15.0 Å². The fourth-order valence-corrected chi connectivity index (χ4v) is 4.91. The first-order chi connectivity index (χ1) is 15.7. The van der Waals surface area contributed by atoms with Crippen molar-refractivity contribution in [2.45, 2.75) is 18.9 Å². The number of carbonyl (C=O) groups is 1. The van der Waals surface area contributed by atoms with E-state index in [1.54, 1.807) is 19.1 Å². The minimum Gasteiger partial charge on any atom is -0.495 e. The topological polar surface area (TPSA) is 86.7 Å². The highest BCUT2D eigenvalue weighted by Gasteiger charge is 2.29. The summed E-state index contributed by atoms with van der Waals surface area (Å²) in [7, 11) is 3.21. The van der Waals surface area contributed by atoms with Crippen LogP contribution in [0.25, 0.3) is 21.3 Å². The Balaban J connectivity index is 1.59. The molecule has 32 heavy (non-hydrogen) atoms. The zero-order valence-corrected chi connectivity index (χ0v) is 18.6. The molecule has 0 N–H and O–H groups in total. The van der Waals surface area contributed by atoms with Crippen molar-refractivity contribution in [3.8, 4) is 11.5 Å². The number of hydrogen-bond donors (Lipinski definition) is 0. The van der Waals surface area contributed by atoms with Crippen molar-refractivity contribution in [2.24, 2.45) is 0 Å². The number of aromatic nitrogens is 3. The van der Waals surface area contributed by atoms with Crippen LogP contribution in [0.1, 0.15) is 23.3 Å². The molecular weight excluding hydrogens is 428 g/mol. The third kappa shape index (κ3) is 3.74. The van der Waals surface area contributed by atoms with Crippen LogP contribution in [-0.4, -0.2) is 54.3 Å². The van der Waals surface area contributed by atoms with Crippen LogP contribution < -0.4 is 14.4 Å². The fraction of sp³-hybridized carbons (Fsp3) is 0.304. The first-order valence-corrected chi connectivity index (χ1v) is 11.2. The van der Waals surface area contributed by atoms with E-state index in [2.05, 4.69) is 9.97 Å². The molecule has 1 fully saturated rings. The molecule has 1 atom stereocenters. The summed E-state index contributed by atoms with van der Waals surface area (Å²) in [4.78, 5) is 29.0. The van der Waals surface area contributed by atoms with E-state index in [0.29, 0.717) is 40.8 Å². The Morgan fingerprint density at radius 3 is 2.66 bits per heavy atom. The number of fused-ring (bicyclic) bond motifs is 2. The molecule has 0 spiro atoms. The van der Waals surface area contributed by atoms with E-state index in [9.17, 15) is 4.79 Å². The molecule has 0 unspecified atom stereocenters. The Labute approximate surface area is 188 Å². The number of nitrogens with zero attached hydrogens (tertiary/aromatic N) is 4. The van der Waals surface area contributed by atoms with Crippen LogP contribution in [0, 0.1) is 0 Å². The van der Waals surface area contributed by atoms with E-state index in [0.717, 1.165) is 23.1 Å². The van der Waals surface area contributed by atoms with Gasteiger partial charge in [0.2, 0.25) is 0 Å². The Morgan fingerprint density at radius 1 is 1.12 bits per heavy atom. The third-order valence-electron chi connectivity index (χ3n) is 5.45. The molecule has 0 bridgehead atoms. The largest absolute Gasteiger partial charge is 0.495 e. The summed E-state index contributed by atoms with van der Waals surface area (Å²) in [6.07, 6.45) is 3.33. The fourth-order valence-electron chi connectivity index (χ4n) is 3.83. The number of para-hydroxylation sites is 2. The van der Waals surface area contributed by atoms with Crippen molar-refractivity contribution >= 4 is 43.6 Å². The lowest BCUT2D eigenvalue weighted by Crippen LogP contribution is -2.38. The summed E-state index contributed by atoms with van der Waals surface area (Å²) in [6, 6.07) is 11.1. The Kier molecular flexibility index (Phi) is 5.59. The molecule has 5 rings (SSSR count). The lowest BCUT2D eigenvalue weighted by Gasteiger charge is -2.22. The molecule has 3 heterocycles. The standard InChI is InChI=1S/C23H22N4O4S/c1-29-18-9-10-19(30-2)21-20(18)26-23(32-21)27(13-14-6-5-11-31-14)22(28)17-12-24-15-7-3-4-8-16(15)25-17/h3-4,7-10,12,14H,5-6,11,13H2,1-2H3/t14-/m0/s1. The SMILES string of the molecule is COc1ccc(OC)c2sc(N(C[C@@H]3CCCO3)C(=O)c3cnc4ccccc4n3)nc12. The molecule has 9 heteroatoms. The molecular formula is C23H22N4O4S. The predicted molar refractivity (Wildman–Crippen MR) is 123 cm³/mol. The molecule has 8 nitrogen and oxygen atoms in total. The van der Waals surface area contributed by atoms with Gasteiger partial charge >= 0.3 is 0 Å². The van der Waals surface area contributed by atoms with Crippen LogP contribution in [0.15, 0.2) is 42.6 Å².